The summed E-state index contributed by atoms with van der Waals surface area (Å²) in [5, 5.41) is 2.74. The third kappa shape index (κ3) is 6.43. The van der Waals surface area contributed by atoms with Gasteiger partial charge in [0.1, 0.15) is 12.0 Å². The molecule has 7 heteroatoms. The first kappa shape index (κ1) is 21.5. The molecule has 0 unspecified atom stereocenters. The summed E-state index contributed by atoms with van der Waals surface area (Å²) in [7, 11) is 3.25. The summed E-state index contributed by atoms with van der Waals surface area (Å²) in [5.74, 6) is 1.04. The molecular formula is C23H27N3O4. The van der Waals surface area contributed by atoms with E-state index in [-0.39, 0.29) is 11.6 Å². The predicted octanol–water partition coefficient (Wildman–Crippen LogP) is 3.26. The van der Waals surface area contributed by atoms with Crippen LogP contribution in [0.3, 0.4) is 0 Å². The van der Waals surface area contributed by atoms with E-state index in [2.05, 4.69) is 33.4 Å². The first-order chi connectivity index (χ1) is 14.7. The largest absolute Gasteiger partial charge is 0.497 e. The molecule has 1 amide bonds. The highest BCUT2D eigenvalue weighted by Crippen LogP contribution is 2.18. The van der Waals surface area contributed by atoms with Crippen LogP contribution in [0.1, 0.15) is 27.5 Å². The molecule has 3 aromatic rings. The number of rotatable bonds is 11. The topological polar surface area (TPSA) is 76.8 Å². The van der Waals surface area contributed by atoms with Gasteiger partial charge < -0.3 is 19.2 Å². The van der Waals surface area contributed by atoms with Crippen molar-refractivity contribution >= 4 is 5.91 Å². The fourth-order valence-corrected chi connectivity index (χ4v) is 3.07. The van der Waals surface area contributed by atoms with Crippen LogP contribution >= 0.6 is 0 Å². The van der Waals surface area contributed by atoms with Crippen LogP contribution in [0.2, 0.25) is 0 Å². The molecule has 0 aliphatic carbocycles. The highest BCUT2D eigenvalue weighted by molar-refractivity contribution is 5.91. The van der Waals surface area contributed by atoms with Crippen molar-refractivity contribution in [3.63, 3.8) is 0 Å². The van der Waals surface area contributed by atoms with Crippen molar-refractivity contribution in [3.8, 4) is 5.75 Å². The van der Waals surface area contributed by atoms with Crippen molar-refractivity contribution in [3.05, 3.63) is 83.6 Å². The SMILES string of the molecule is COCCNC(=O)c1coc(CN(Cc2ccccc2)Cc2cccc(OC)c2)n1. The number of hydrogen-bond acceptors (Lipinski definition) is 6. The molecule has 0 aliphatic heterocycles. The molecule has 0 aliphatic rings. The molecule has 0 fully saturated rings. The lowest BCUT2D eigenvalue weighted by Crippen LogP contribution is -2.27. The Morgan fingerprint density at radius 2 is 1.80 bits per heavy atom. The van der Waals surface area contributed by atoms with Crippen LogP contribution in [0.4, 0.5) is 0 Å². The van der Waals surface area contributed by atoms with Crippen LogP contribution < -0.4 is 10.1 Å². The van der Waals surface area contributed by atoms with E-state index in [1.165, 1.54) is 11.8 Å². The minimum atomic E-state index is -0.274. The van der Waals surface area contributed by atoms with Gasteiger partial charge in [0.05, 0.1) is 20.3 Å². The molecule has 30 heavy (non-hydrogen) atoms. The van der Waals surface area contributed by atoms with Gasteiger partial charge in [0.15, 0.2) is 5.69 Å². The van der Waals surface area contributed by atoms with Crippen molar-refractivity contribution < 1.29 is 18.7 Å². The zero-order valence-electron chi connectivity index (χ0n) is 17.3. The van der Waals surface area contributed by atoms with Crippen LogP contribution in [0.5, 0.6) is 5.75 Å². The quantitative estimate of drug-likeness (QED) is 0.490. The average Bonchev–Trinajstić information content (AvgIpc) is 3.23. The zero-order valence-corrected chi connectivity index (χ0v) is 17.3. The molecule has 1 heterocycles. The average molecular weight is 409 g/mol. The molecule has 0 radical (unpaired) electrons. The van der Waals surface area contributed by atoms with Gasteiger partial charge >= 0.3 is 0 Å². The van der Waals surface area contributed by atoms with Gasteiger partial charge in [-0.05, 0) is 23.3 Å². The molecule has 7 nitrogen and oxygen atoms in total. The summed E-state index contributed by atoms with van der Waals surface area (Å²) in [6.07, 6.45) is 1.39. The van der Waals surface area contributed by atoms with Gasteiger partial charge in [0.2, 0.25) is 5.89 Å². The summed E-state index contributed by atoms with van der Waals surface area (Å²) in [5.41, 5.74) is 2.57. The van der Waals surface area contributed by atoms with Gasteiger partial charge in [-0.3, -0.25) is 9.69 Å². The Kier molecular flexibility index (Phi) is 8.00. The molecule has 0 spiro atoms. The van der Waals surface area contributed by atoms with E-state index < -0.39 is 0 Å². The van der Waals surface area contributed by atoms with Crippen molar-refractivity contribution in [2.75, 3.05) is 27.4 Å². The summed E-state index contributed by atoms with van der Waals surface area (Å²) in [4.78, 5) is 18.7. The molecule has 0 saturated carbocycles. The van der Waals surface area contributed by atoms with E-state index in [1.54, 1.807) is 14.2 Å². The van der Waals surface area contributed by atoms with E-state index >= 15 is 0 Å². The molecule has 0 atom stereocenters. The molecule has 1 N–H and O–H groups in total. The Balaban J connectivity index is 1.71. The number of methoxy groups -OCH3 is 2. The van der Waals surface area contributed by atoms with E-state index in [0.717, 1.165) is 17.9 Å². The summed E-state index contributed by atoms with van der Waals surface area (Å²) >= 11 is 0. The Morgan fingerprint density at radius 3 is 2.57 bits per heavy atom. The Morgan fingerprint density at radius 1 is 1.03 bits per heavy atom. The van der Waals surface area contributed by atoms with Crippen molar-refractivity contribution in [1.29, 1.82) is 0 Å². The normalized spacial score (nSPS) is 10.9. The fraction of sp³-hybridized carbons (Fsp3) is 0.304. The number of carbonyl (C=O) groups excluding carboxylic acids is 1. The molecular weight excluding hydrogens is 382 g/mol. The molecule has 0 saturated heterocycles. The molecule has 1 aromatic heterocycles. The van der Waals surface area contributed by atoms with Gasteiger partial charge in [-0.2, -0.15) is 0 Å². The number of aromatic nitrogens is 1. The Bertz CT molecular complexity index is 927. The molecule has 158 valence electrons. The minimum absolute atomic E-state index is 0.266. The number of ether oxygens (including phenoxy) is 2. The lowest BCUT2D eigenvalue weighted by atomic mass is 10.1. The lowest BCUT2D eigenvalue weighted by molar-refractivity contribution is 0.0932. The van der Waals surface area contributed by atoms with Crippen LogP contribution in [0.15, 0.2) is 65.3 Å². The molecule has 2 aromatic carbocycles. The number of benzene rings is 2. The van der Waals surface area contributed by atoms with Gasteiger partial charge in [-0.15, -0.1) is 0 Å². The summed E-state index contributed by atoms with van der Waals surface area (Å²) in [6, 6.07) is 18.2. The van der Waals surface area contributed by atoms with Gasteiger partial charge in [-0.1, -0.05) is 42.5 Å². The van der Waals surface area contributed by atoms with Gasteiger partial charge in [0.25, 0.3) is 5.91 Å². The van der Waals surface area contributed by atoms with Crippen LogP contribution in [-0.2, 0) is 24.4 Å². The fourth-order valence-electron chi connectivity index (χ4n) is 3.07. The smallest absolute Gasteiger partial charge is 0.273 e. The highest BCUT2D eigenvalue weighted by Gasteiger charge is 2.16. The van der Waals surface area contributed by atoms with Gasteiger partial charge in [-0.25, -0.2) is 4.98 Å². The predicted molar refractivity (Wildman–Crippen MR) is 113 cm³/mol. The number of hydrogen-bond donors (Lipinski definition) is 1. The summed E-state index contributed by atoms with van der Waals surface area (Å²) < 4.78 is 15.9. The minimum Gasteiger partial charge on any atom is -0.497 e. The van der Waals surface area contributed by atoms with Crippen molar-refractivity contribution in [1.82, 2.24) is 15.2 Å². The van der Waals surface area contributed by atoms with Crippen LogP contribution in [-0.4, -0.2) is 43.2 Å². The lowest BCUT2D eigenvalue weighted by Gasteiger charge is -2.21. The number of nitrogens with zero attached hydrogens (tertiary/aromatic N) is 2. The van der Waals surface area contributed by atoms with E-state index in [1.807, 2.05) is 36.4 Å². The van der Waals surface area contributed by atoms with Crippen LogP contribution in [0, 0.1) is 0 Å². The highest BCUT2D eigenvalue weighted by atomic mass is 16.5. The monoisotopic (exact) mass is 409 g/mol. The van der Waals surface area contributed by atoms with E-state index in [9.17, 15) is 4.79 Å². The molecule has 3 rings (SSSR count). The maximum Gasteiger partial charge on any atom is 0.273 e. The second-order valence-corrected chi connectivity index (χ2v) is 6.86. The number of carbonyl (C=O) groups is 1. The van der Waals surface area contributed by atoms with E-state index in [0.29, 0.717) is 32.1 Å². The van der Waals surface area contributed by atoms with Crippen molar-refractivity contribution in [2.45, 2.75) is 19.6 Å². The van der Waals surface area contributed by atoms with E-state index in [4.69, 9.17) is 13.9 Å². The second kappa shape index (κ2) is 11.1. The Hall–Kier alpha value is -3.16. The first-order valence-corrected chi connectivity index (χ1v) is 9.78. The summed E-state index contributed by atoms with van der Waals surface area (Å²) in [6.45, 7) is 2.74. The number of nitrogens with one attached hydrogen (secondary N) is 1. The Labute approximate surface area is 176 Å². The standard InChI is InChI=1S/C23H27N3O4/c1-28-12-11-24-23(27)21-17-30-22(25-21)16-26(14-18-7-4-3-5-8-18)15-19-9-6-10-20(13-19)29-2/h3-10,13,17H,11-12,14-16H2,1-2H3,(H,24,27). The number of amides is 1. The van der Waals surface area contributed by atoms with Crippen LogP contribution in [0.25, 0.3) is 0 Å². The second-order valence-electron chi connectivity index (χ2n) is 6.86. The first-order valence-electron chi connectivity index (χ1n) is 9.78. The van der Waals surface area contributed by atoms with Crippen molar-refractivity contribution in [2.24, 2.45) is 0 Å². The third-order valence-electron chi connectivity index (χ3n) is 4.52. The maximum absolute atomic E-state index is 12.2. The van der Waals surface area contributed by atoms with Gasteiger partial charge in [0, 0.05) is 26.7 Å². The third-order valence-corrected chi connectivity index (χ3v) is 4.52. The maximum atomic E-state index is 12.2. The zero-order chi connectivity index (χ0) is 21.2. The molecule has 0 bridgehead atoms. The number of oxazole rings is 1.